The van der Waals surface area contributed by atoms with Crippen LogP contribution in [0.2, 0.25) is 0 Å². The quantitative estimate of drug-likeness (QED) is 0.699. The predicted molar refractivity (Wildman–Crippen MR) is 89.7 cm³/mol. The van der Waals surface area contributed by atoms with Gasteiger partial charge >= 0.3 is 0 Å². The van der Waals surface area contributed by atoms with Gasteiger partial charge in [-0.3, -0.25) is 0 Å². The fourth-order valence-electron chi connectivity index (χ4n) is 2.41. The summed E-state index contributed by atoms with van der Waals surface area (Å²) in [6, 6.07) is 19.0. The molecule has 0 heterocycles. The number of hydrogen-bond donors (Lipinski definition) is 3. The van der Waals surface area contributed by atoms with Crippen molar-refractivity contribution in [1.29, 1.82) is 0 Å². The van der Waals surface area contributed by atoms with Gasteiger partial charge in [-0.05, 0) is 42.4 Å². The molecule has 0 aromatic heterocycles. The van der Waals surface area contributed by atoms with Gasteiger partial charge in [-0.1, -0.05) is 54.6 Å². The van der Waals surface area contributed by atoms with Crippen molar-refractivity contribution in [3.63, 3.8) is 0 Å². The molecule has 0 saturated carbocycles. The van der Waals surface area contributed by atoms with Gasteiger partial charge in [-0.15, -0.1) is 0 Å². The molecule has 2 aromatic carbocycles. The highest BCUT2D eigenvalue weighted by Crippen LogP contribution is 2.14. The SMILES string of the molecule is NC(CO)(CO)CCc1ccc(CCc2ccccc2)cc1. The van der Waals surface area contributed by atoms with Crippen molar-refractivity contribution in [1.82, 2.24) is 0 Å². The number of benzene rings is 2. The lowest BCUT2D eigenvalue weighted by molar-refractivity contribution is 0.115. The molecule has 0 fully saturated rings. The number of aliphatic hydroxyl groups is 2. The van der Waals surface area contributed by atoms with E-state index in [0.29, 0.717) is 6.42 Å². The first-order chi connectivity index (χ1) is 10.6. The number of nitrogens with two attached hydrogens (primary N) is 1. The summed E-state index contributed by atoms with van der Waals surface area (Å²) in [5.41, 5.74) is 8.85. The van der Waals surface area contributed by atoms with Crippen LogP contribution in [0.4, 0.5) is 0 Å². The maximum atomic E-state index is 9.20. The number of rotatable bonds is 8. The molecule has 0 radical (unpaired) electrons. The molecule has 22 heavy (non-hydrogen) atoms. The Morgan fingerprint density at radius 2 is 1.14 bits per heavy atom. The average Bonchev–Trinajstić information content (AvgIpc) is 2.59. The Morgan fingerprint density at radius 1 is 0.682 bits per heavy atom. The molecule has 0 spiro atoms. The fraction of sp³-hybridized carbons (Fsp3) is 0.368. The van der Waals surface area contributed by atoms with Crippen LogP contribution in [-0.2, 0) is 19.3 Å². The zero-order valence-corrected chi connectivity index (χ0v) is 12.9. The first kappa shape index (κ1) is 16.7. The lowest BCUT2D eigenvalue weighted by Gasteiger charge is -2.24. The highest BCUT2D eigenvalue weighted by molar-refractivity contribution is 5.24. The third-order valence-electron chi connectivity index (χ3n) is 4.11. The van der Waals surface area contributed by atoms with Crippen molar-refractivity contribution >= 4 is 0 Å². The van der Waals surface area contributed by atoms with E-state index in [2.05, 4.69) is 48.5 Å². The van der Waals surface area contributed by atoms with Crippen LogP contribution < -0.4 is 5.73 Å². The Kier molecular flexibility index (Phi) is 6.13. The Bertz CT molecular complexity index is 547. The van der Waals surface area contributed by atoms with Crippen LogP contribution in [-0.4, -0.2) is 29.0 Å². The molecule has 0 amide bonds. The largest absolute Gasteiger partial charge is 0.394 e. The molecule has 2 aromatic rings. The summed E-state index contributed by atoms with van der Waals surface area (Å²) in [6.07, 6.45) is 3.40. The molecule has 0 saturated heterocycles. The summed E-state index contributed by atoms with van der Waals surface area (Å²) in [4.78, 5) is 0. The monoisotopic (exact) mass is 299 g/mol. The Hall–Kier alpha value is -1.68. The smallest absolute Gasteiger partial charge is 0.0633 e. The minimum Gasteiger partial charge on any atom is -0.394 e. The maximum absolute atomic E-state index is 9.20. The number of hydrogen-bond acceptors (Lipinski definition) is 3. The standard InChI is InChI=1S/C19H25NO2/c20-19(14-21,15-22)13-12-18-10-8-17(9-11-18)7-6-16-4-2-1-3-5-16/h1-5,8-11,21-22H,6-7,12-15,20H2. The van der Waals surface area contributed by atoms with Crippen LogP contribution in [0.25, 0.3) is 0 Å². The van der Waals surface area contributed by atoms with E-state index >= 15 is 0 Å². The van der Waals surface area contributed by atoms with Gasteiger partial charge in [0.2, 0.25) is 0 Å². The van der Waals surface area contributed by atoms with E-state index in [-0.39, 0.29) is 13.2 Å². The van der Waals surface area contributed by atoms with Crippen LogP contribution in [0.15, 0.2) is 54.6 Å². The van der Waals surface area contributed by atoms with E-state index in [9.17, 15) is 10.2 Å². The highest BCUT2D eigenvalue weighted by Gasteiger charge is 2.22. The van der Waals surface area contributed by atoms with Gasteiger partial charge < -0.3 is 15.9 Å². The van der Waals surface area contributed by atoms with E-state index in [0.717, 1.165) is 19.3 Å². The summed E-state index contributed by atoms with van der Waals surface area (Å²) < 4.78 is 0. The van der Waals surface area contributed by atoms with E-state index < -0.39 is 5.54 Å². The normalized spacial score (nSPS) is 11.6. The lowest BCUT2D eigenvalue weighted by atomic mass is 9.93. The van der Waals surface area contributed by atoms with Gasteiger partial charge in [0, 0.05) is 0 Å². The predicted octanol–water partition coefficient (Wildman–Crippen LogP) is 2.09. The van der Waals surface area contributed by atoms with Gasteiger partial charge in [0.1, 0.15) is 0 Å². The van der Waals surface area contributed by atoms with Crippen molar-refractivity contribution in [2.24, 2.45) is 5.73 Å². The van der Waals surface area contributed by atoms with Crippen molar-refractivity contribution in [3.05, 3.63) is 71.3 Å². The van der Waals surface area contributed by atoms with Crippen molar-refractivity contribution in [3.8, 4) is 0 Å². The second kappa shape index (κ2) is 8.08. The highest BCUT2D eigenvalue weighted by atomic mass is 16.3. The van der Waals surface area contributed by atoms with E-state index in [1.165, 1.54) is 16.7 Å². The zero-order chi connectivity index (χ0) is 15.8. The van der Waals surface area contributed by atoms with Crippen molar-refractivity contribution in [2.75, 3.05) is 13.2 Å². The third kappa shape index (κ3) is 4.95. The molecular formula is C19H25NO2. The summed E-state index contributed by atoms with van der Waals surface area (Å²) >= 11 is 0. The Labute approximate surface area is 132 Å². The first-order valence-corrected chi connectivity index (χ1v) is 7.77. The molecule has 0 aliphatic heterocycles. The maximum Gasteiger partial charge on any atom is 0.0633 e. The molecule has 0 aliphatic carbocycles. The van der Waals surface area contributed by atoms with Crippen molar-refractivity contribution < 1.29 is 10.2 Å². The number of aliphatic hydroxyl groups excluding tert-OH is 2. The minimum absolute atomic E-state index is 0.196. The van der Waals surface area contributed by atoms with E-state index in [4.69, 9.17) is 5.73 Å². The molecule has 2 rings (SSSR count). The van der Waals surface area contributed by atoms with E-state index in [1.54, 1.807) is 0 Å². The molecular weight excluding hydrogens is 274 g/mol. The second-order valence-corrected chi connectivity index (χ2v) is 5.98. The lowest BCUT2D eigenvalue weighted by Crippen LogP contribution is -2.47. The fourth-order valence-corrected chi connectivity index (χ4v) is 2.41. The van der Waals surface area contributed by atoms with Gasteiger partial charge in [0.05, 0.1) is 18.8 Å². The molecule has 3 nitrogen and oxygen atoms in total. The number of aryl methyl sites for hydroxylation is 3. The zero-order valence-electron chi connectivity index (χ0n) is 12.9. The molecule has 118 valence electrons. The second-order valence-electron chi connectivity index (χ2n) is 5.98. The van der Waals surface area contributed by atoms with Gasteiger partial charge in [-0.2, -0.15) is 0 Å². The Balaban J connectivity index is 1.85. The average molecular weight is 299 g/mol. The Morgan fingerprint density at radius 3 is 1.64 bits per heavy atom. The first-order valence-electron chi connectivity index (χ1n) is 7.77. The van der Waals surface area contributed by atoms with E-state index in [1.807, 2.05) is 6.07 Å². The molecule has 4 N–H and O–H groups in total. The van der Waals surface area contributed by atoms with Crippen molar-refractivity contribution in [2.45, 2.75) is 31.2 Å². The molecule has 0 atom stereocenters. The molecule has 0 bridgehead atoms. The van der Waals surface area contributed by atoms with Crippen LogP contribution in [0, 0.1) is 0 Å². The third-order valence-corrected chi connectivity index (χ3v) is 4.11. The van der Waals surface area contributed by atoms with Crippen LogP contribution in [0.3, 0.4) is 0 Å². The molecule has 0 aliphatic rings. The summed E-state index contributed by atoms with van der Waals surface area (Å²) in [7, 11) is 0. The van der Waals surface area contributed by atoms with Crippen LogP contribution in [0.1, 0.15) is 23.1 Å². The van der Waals surface area contributed by atoms with Gasteiger partial charge in [0.25, 0.3) is 0 Å². The molecule has 3 heteroatoms. The summed E-state index contributed by atoms with van der Waals surface area (Å²) in [6.45, 7) is -0.392. The van der Waals surface area contributed by atoms with Gasteiger partial charge in [-0.25, -0.2) is 0 Å². The summed E-state index contributed by atoms with van der Waals surface area (Å²) in [5.74, 6) is 0. The van der Waals surface area contributed by atoms with Crippen LogP contribution in [0.5, 0.6) is 0 Å². The van der Waals surface area contributed by atoms with Gasteiger partial charge in [0.15, 0.2) is 0 Å². The van der Waals surface area contributed by atoms with Crippen LogP contribution >= 0.6 is 0 Å². The topological polar surface area (TPSA) is 66.5 Å². The minimum atomic E-state index is -0.883. The molecule has 0 unspecified atom stereocenters. The summed E-state index contributed by atoms with van der Waals surface area (Å²) in [5, 5.41) is 18.4.